The summed E-state index contributed by atoms with van der Waals surface area (Å²) in [6.45, 7) is 2.14. The highest BCUT2D eigenvalue weighted by atomic mass is 127. The summed E-state index contributed by atoms with van der Waals surface area (Å²) in [5.74, 6) is 0.909. The van der Waals surface area contributed by atoms with Gasteiger partial charge in [0.15, 0.2) is 0 Å². The van der Waals surface area contributed by atoms with Gasteiger partial charge in [-0.2, -0.15) is 0 Å². The maximum absolute atomic E-state index is 5.18. The van der Waals surface area contributed by atoms with Crippen LogP contribution in [0.1, 0.15) is 16.7 Å². The van der Waals surface area contributed by atoms with Gasteiger partial charge in [-0.05, 0) is 99.5 Å². The van der Waals surface area contributed by atoms with E-state index in [0.29, 0.717) is 0 Å². The van der Waals surface area contributed by atoms with Gasteiger partial charge in [-0.25, -0.2) is 0 Å². The number of methoxy groups -OCH3 is 1. The van der Waals surface area contributed by atoms with Crippen molar-refractivity contribution < 1.29 is 4.74 Å². The molecule has 2 aromatic carbocycles. The van der Waals surface area contributed by atoms with Gasteiger partial charge < -0.3 is 4.74 Å². The van der Waals surface area contributed by atoms with Crippen LogP contribution in [0, 0.1) is 14.1 Å². The van der Waals surface area contributed by atoms with Crippen LogP contribution in [0.25, 0.3) is 0 Å². The molecule has 0 bridgehead atoms. The SMILES string of the molecule is COc1ccc(Cc2c(I)cc(C)cc2I)cc1. The molecule has 0 aliphatic carbocycles. The molecule has 3 heteroatoms. The van der Waals surface area contributed by atoms with Gasteiger partial charge in [-0.15, -0.1) is 0 Å². The summed E-state index contributed by atoms with van der Waals surface area (Å²) in [5, 5.41) is 0. The number of hydrogen-bond donors (Lipinski definition) is 0. The minimum absolute atomic E-state index is 0.909. The Kier molecular flexibility index (Phi) is 4.89. The van der Waals surface area contributed by atoms with E-state index in [4.69, 9.17) is 4.74 Å². The van der Waals surface area contributed by atoms with Gasteiger partial charge in [0.25, 0.3) is 0 Å². The summed E-state index contributed by atoms with van der Waals surface area (Å²) in [6.07, 6.45) is 0.973. The van der Waals surface area contributed by atoms with E-state index in [0.717, 1.165) is 12.2 Å². The standard InChI is InChI=1S/C15H14I2O/c1-10-7-14(16)13(15(17)8-10)9-11-3-5-12(18-2)6-4-11/h3-8H,9H2,1-2H3. The molecule has 0 aliphatic rings. The Balaban J connectivity index is 2.28. The van der Waals surface area contributed by atoms with Gasteiger partial charge in [0.2, 0.25) is 0 Å². The van der Waals surface area contributed by atoms with Crippen molar-refractivity contribution in [2.45, 2.75) is 13.3 Å². The van der Waals surface area contributed by atoms with E-state index in [-0.39, 0.29) is 0 Å². The molecule has 0 amide bonds. The maximum atomic E-state index is 5.18. The molecule has 0 N–H and O–H groups in total. The summed E-state index contributed by atoms with van der Waals surface area (Å²) >= 11 is 4.85. The average molecular weight is 464 g/mol. The third kappa shape index (κ3) is 3.38. The molecule has 0 heterocycles. The zero-order valence-corrected chi connectivity index (χ0v) is 14.7. The fourth-order valence-electron chi connectivity index (χ4n) is 1.85. The van der Waals surface area contributed by atoms with Crippen molar-refractivity contribution in [1.29, 1.82) is 0 Å². The van der Waals surface area contributed by atoms with Crippen LogP contribution in [0.4, 0.5) is 0 Å². The quantitative estimate of drug-likeness (QED) is 0.594. The largest absolute Gasteiger partial charge is 0.497 e. The Morgan fingerprint density at radius 3 is 2.06 bits per heavy atom. The molecule has 18 heavy (non-hydrogen) atoms. The van der Waals surface area contributed by atoms with Crippen molar-refractivity contribution in [2.24, 2.45) is 0 Å². The first-order valence-electron chi connectivity index (χ1n) is 5.67. The number of ether oxygens (including phenoxy) is 1. The first-order chi connectivity index (χ1) is 8.60. The van der Waals surface area contributed by atoms with Crippen molar-refractivity contribution in [1.82, 2.24) is 0 Å². The maximum Gasteiger partial charge on any atom is 0.118 e. The predicted octanol–water partition coefficient (Wildman–Crippen LogP) is 4.80. The summed E-state index contributed by atoms with van der Waals surface area (Å²) in [4.78, 5) is 0. The van der Waals surface area contributed by atoms with Crippen LogP contribution in [0.5, 0.6) is 5.75 Å². The van der Waals surface area contributed by atoms with E-state index in [1.165, 1.54) is 23.8 Å². The van der Waals surface area contributed by atoms with Crippen LogP contribution in [-0.4, -0.2) is 7.11 Å². The second kappa shape index (κ2) is 6.23. The number of hydrogen-bond acceptors (Lipinski definition) is 1. The van der Waals surface area contributed by atoms with Gasteiger partial charge in [0, 0.05) is 7.14 Å². The molecule has 0 atom stereocenters. The summed E-state index contributed by atoms with van der Waals surface area (Å²) in [7, 11) is 1.70. The zero-order chi connectivity index (χ0) is 13.1. The molecule has 2 rings (SSSR count). The van der Waals surface area contributed by atoms with E-state index in [1.807, 2.05) is 12.1 Å². The van der Waals surface area contributed by atoms with Gasteiger partial charge in [0.05, 0.1) is 7.11 Å². The zero-order valence-electron chi connectivity index (χ0n) is 10.3. The molecule has 0 spiro atoms. The fraction of sp³-hybridized carbons (Fsp3) is 0.200. The van der Waals surface area contributed by atoms with Crippen molar-refractivity contribution >= 4 is 45.2 Å². The lowest BCUT2D eigenvalue weighted by atomic mass is 10.0. The molecule has 94 valence electrons. The molecule has 0 aliphatic heterocycles. The van der Waals surface area contributed by atoms with E-state index < -0.39 is 0 Å². The second-order valence-electron chi connectivity index (χ2n) is 4.23. The summed E-state index contributed by atoms with van der Waals surface area (Å²) in [5.41, 5.74) is 4.05. The predicted molar refractivity (Wildman–Crippen MR) is 92.4 cm³/mol. The summed E-state index contributed by atoms with van der Waals surface area (Å²) in [6, 6.07) is 12.8. The van der Waals surface area contributed by atoms with Gasteiger partial charge in [-0.3, -0.25) is 0 Å². The van der Waals surface area contributed by atoms with Crippen molar-refractivity contribution in [3.05, 3.63) is 60.2 Å². The molecular formula is C15H14I2O. The highest BCUT2D eigenvalue weighted by Gasteiger charge is 2.07. The molecule has 2 aromatic rings. The minimum atomic E-state index is 0.909. The Labute approximate surface area is 135 Å². The monoisotopic (exact) mass is 464 g/mol. The smallest absolute Gasteiger partial charge is 0.118 e. The number of aryl methyl sites for hydroxylation is 1. The van der Waals surface area contributed by atoms with Gasteiger partial charge >= 0.3 is 0 Å². The average Bonchev–Trinajstić information content (AvgIpc) is 2.34. The van der Waals surface area contributed by atoms with Crippen LogP contribution in [0.15, 0.2) is 36.4 Å². The second-order valence-corrected chi connectivity index (χ2v) is 6.56. The Bertz CT molecular complexity index is 524. The van der Waals surface area contributed by atoms with Crippen molar-refractivity contribution in [3.63, 3.8) is 0 Å². The third-order valence-corrected chi connectivity index (χ3v) is 4.75. The Morgan fingerprint density at radius 1 is 1.00 bits per heavy atom. The number of halogens is 2. The normalized spacial score (nSPS) is 10.4. The van der Waals surface area contributed by atoms with Gasteiger partial charge in [0.1, 0.15) is 5.75 Å². The Hall–Kier alpha value is -0.300. The van der Waals surface area contributed by atoms with Crippen molar-refractivity contribution in [2.75, 3.05) is 7.11 Å². The number of rotatable bonds is 3. The van der Waals surface area contributed by atoms with Gasteiger partial charge in [-0.1, -0.05) is 12.1 Å². The molecule has 1 nitrogen and oxygen atoms in total. The first-order valence-corrected chi connectivity index (χ1v) is 7.83. The lowest BCUT2D eigenvalue weighted by molar-refractivity contribution is 0.414. The summed E-state index contributed by atoms with van der Waals surface area (Å²) < 4.78 is 7.86. The minimum Gasteiger partial charge on any atom is -0.497 e. The van der Waals surface area contributed by atoms with Crippen LogP contribution < -0.4 is 4.74 Å². The Morgan fingerprint density at radius 2 is 1.56 bits per heavy atom. The molecule has 0 fully saturated rings. The topological polar surface area (TPSA) is 9.23 Å². The van der Waals surface area contributed by atoms with Crippen LogP contribution >= 0.6 is 45.2 Å². The molecular weight excluding hydrogens is 450 g/mol. The highest BCUT2D eigenvalue weighted by Crippen LogP contribution is 2.24. The molecule has 0 unspecified atom stereocenters. The molecule has 0 saturated carbocycles. The molecule has 0 radical (unpaired) electrons. The van der Waals surface area contributed by atoms with Crippen LogP contribution in [0.2, 0.25) is 0 Å². The molecule has 0 saturated heterocycles. The van der Waals surface area contributed by atoms with E-state index in [9.17, 15) is 0 Å². The van der Waals surface area contributed by atoms with E-state index in [1.54, 1.807) is 7.11 Å². The lowest BCUT2D eigenvalue weighted by Crippen LogP contribution is -1.96. The van der Waals surface area contributed by atoms with E-state index in [2.05, 4.69) is 76.4 Å². The first kappa shape index (κ1) is 14.1. The number of benzene rings is 2. The lowest BCUT2D eigenvalue weighted by Gasteiger charge is -2.09. The van der Waals surface area contributed by atoms with Crippen LogP contribution in [-0.2, 0) is 6.42 Å². The molecule has 0 aromatic heterocycles. The van der Waals surface area contributed by atoms with Crippen molar-refractivity contribution in [3.8, 4) is 5.75 Å². The third-order valence-electron chi connectivity index (χ3n) is 2.83. The van der Waals surface area contributed by atoms with E-state index >= 15 is 0 Å². The highest BCUT2D eigenvalue weighted by molar-refractivity contribution is 14.1. The fourth-order valence-corrected chi connectivity index (χ4v) is 4.31. The van der Waals surface area contributed by atoms with Crippen LogP contribution in [0.3, 0.4) is 0 Å².